The SMILES string of the molecule is CC1(C)CC(NC(=O)CNS(=O)(=O)/C=C/c2ccccc2)CO1. The molecule has 1 aromatic rings. The largest absolute Gasteiger partial charge is 0.373 e. The van der Waals surface area contributed by atoms with Crippen LogP contribution in [-0.4, -0.2) is 39.1 Å². The first-order chi connectivity index (χ1) is 10.8. The van der Waals surface area contributed by atoms with Gasteiger partial charge in [-0.25, -0.2) is 13.1 Å². The number of carbonyl (C=O) groups excluding carboxylic acids is 1. The first kappa shape index (κ1) is 17.7. The smallest absolute Gasteiger partial charge is 0.235 e. The quantitative estimate of drug-likeness (QED) is 0.818. The molecule has 2 N–H and O–H groups in total. The maximum Gasteiger partial charge on any atom is 0.235 e. The van der Waals surface area contributed by atoms with E-state index in [2.05, 4.69) is 10.0 Å². The standard InChI is InChI=1S/C16H22N2O4S/c1-16(2)10-14(12-22-16)18-15(19)11-17-23(20,21)9-8-13-6-4-3-5-7-13/h3-9,14,17H,10-12H2,1-2H3,(H,18,19)/b9-8+. The third-order valence-corrected chi connectivity index (χ3v) is 4.49. The van der Waals surface area contributed by atoms with Crippen molar-refractivity contribution >= 4 is 22.0 Å². The molecule has 1 amide bonds. The van der Waals surface area contributed by atoms with Gasteiger partial charge in [0.05, 0.1) is 24.8 Å². The number of hydrogen-bond acceptors (Lipinski definition) is 4. The van der Waals surface area contributed by atoms with Crippen molar-refractivity contribution in [1.82, 2.24) is 10.0 Å². The molecule has 1 unspecified atom stereocenters. The van der Waals surface area contributed by atoms with Gasteiger partial charge in [-0.2, -0.15) is 0 Å². The van der Waals surface area contributed by atoms with E-state index in [0.29, 0.717) is 13.0 Å². The van der Waals surface area contributed by atoms with Crippen molar-refractivity contribution in [3.8, 4) is 0 Å². The Bertz CT molecular complexity index is 669. The zero-order chi connectivity index (χ0) is 16.9. The molecule has 0 aliphatic carbocycles. The highest BCUT2D eigenvalue weighted by Crippen LogP contribution is 2.24. The molecule has 1 aliphatic rings. The van der Waals surface area contributed by atoms with Crippen LogP contribution in [0.4, 0.5) is 0 Å². The predicted octanol–water partition coefficient (Wildman–Crippen LogP) is 1.26. The molecule has 0 bridgehead atoms. The first-order valence-electron chi connectivity index (χ1n) is 7.42. The van der Waals surface area contributed by atoms with Gasteiger partial charge in [-0.1, -0.05) is 30.3 Å². The lowest BCUT2D eigenvalue weighted by Crippen LogP contribution is -2.42. The lowest BCUT2D eigenvalue weighted by Gasteiger charge is -2.16. The Balaban J connectivity index is 1.80. The third kappa shape index (κ3) is 6.13. The van der Waals surface area contributed by atoms with E-state index in [1.165, 1.54) is 6.08 Å². The lowest BCUT2D eigenvalue weighted by atomic mass is 10.0. The highest BCUT2D eigenvalue weighted by Gasteiger charge is 2.32. The van der Waals surface area contributed by atoms with Gasteiger partial charge in [-0.05, 0) is 31.9 Å². The molecule has 6 nitrogen and oxygen atoms in total. The first-order valence-corrected chi connectivity index (χ1v) is 8.96. The molecular weight excluding hydrogens is 316 g/mol. The van der Waals surface area contributed by atoms with Crippen LogP contribution in [-0.2, 0) is 19.6 Å². The van der Waals surface area contributed by atoms with Crippen molar-refractivity contribution in [2.24, 2.45) is 0 Å². The van der Waals surface area contributed by atoms with E-state index in [0.717, 1.165) is 11.0 Å². The fourth-order valence-corrected chi connectivity index (χ4v) is 3.12. The average Bonchev–Trinajstić information content (AvgIpc) is 2.83. The zero-order valence-corrected chi connectivity index (χ0v) is 14.1. The third-order valence-electron chi connectivity index (χ3n) is 3.45. The second-order valence-electron chi connectivity index (χ2n) is 6.12. The fraction of sp³-hybridized carbons (Fsp3) is 0.438. The minimum absolute atomic E-state index is 0.0816. The highest BCUT2D eigenvalue weighted by molar-refractivity contribution is 7.92. The van der Waals surface area contributed by atoms with E-state index >= 15 is 0 Å². The Morgan fingerprint density at radius 1 is 1.35 bits per heavy atom. The van der Waals surface area contributed by atoms with Crippen LogP contribution in [0.3, 0.4) is 0 Å². The Morgan fingerprint density at radius 3 is 2.65 bits per heavy atom. The average molecular weight is 338 g/mol. The van der Waals surface area contributed by atoms with Crippen LogP contribution >= 0.6 is 0 Å². The van der Waals surface area contributed by atoms with Gasteiger partial charge >= 0.3 is 0 Å². The van der Waals surface area contributed by atoms with Gasteiger partial charge in [0.15, 0.2) is 0 Å². The number of ether oxygens (including phenoxy) is 1. The second-order valence-corrected chi connectivity index (χ2v) is 7.77. The number of carbonyl (C=O) groups is 1. The summed E-state index contributed by atoms with van der Waals surface area (Å²) in [5.74, 6) is -0.368. The van der Waals surface area contributed by atoms with Gasteiger partial charge in [0, 0.05) is 5.41 Å². The summed E-state index contributed by atoms with van der Waals surface area (Å²) < 4.78 is 31.5. The number of benzene rings is 1. The molecule has 7 heteroatoms. The Hall–Kier alpha value is -1.70. The molecule has 1 saturated heterocycles. The Morgan fingerprint density at radius 2 is 2.04 bits per heavy atom. The van der Waals surface area contributed by atoms with Crippen LogP contribution in [0, 0.1) is 0 Å². The summed E-state index contributed by atoms with van der Waals surface area (Å²) in [6, 6.07) is 8.99. The fourth-order valence-electron chi connectivity index (χ4n) is 2.36. The van der Waals surface area contributed by atoms with Crippen molar-refractivity contribution < 1.29 is 17.9 Å². The predicted molar refractivity (Wildman–Crippen MR) is 89.0 cm³/mol. The molecule has 1 heterocycles. The molecule has 1 aliphatic heterocycles. The molecule has 126 valence electrons. The maximum atomic E-state index is 11.8. The van der Waals surface area contributed by atoms with Crippen molar-refractivity contribution in [2.45, 2.75) is 31.9 Å². The summed E-state index contributed by atoms with van der Waals surface area (Å²) >= 11 is 0. The molecule has 1 fully saturated rings. The molecule has 1 aromatic carbocycles. The minimum Gasteiger partial charge on any atom is -0.373 e. The summed E-state index contributed by atoms with van der Waals surface area (Å²) in [6.45, 7) is 4.06. The van der Waals surface area contributed by atoms with E-state index in [1.54, 1.807) is 12.1 Å². The zero-order valence-electron chi connectivity index (χ0n) is 13.3. The number of nitrogens with one attached hydrogen (secondary N) is 2. The summed E-state index contributed by atoms with van der Waals surface area (Å²) in [7, 11) is -3.65. The molecule has 0 spiro atoms. The van der Waals surface area contributed by atoms with Gasteiger partial charge in [0.2, 0.25) is 15.9 Å². The van der Waals surface area contributed by atoms with E-state index in [9.17, 15) is 13.2 Å². The van der Waals surface area contributed by atoms with Crippen LogP contribution in [0.2, 0.25) is 0 Å². The van der Waals surface area contributed by atoms with Crippen LogP contribution in [0.1, 0.15) is 25.8 Å². The molecule has 23 heavy (non-hydrogen) atoms. The van der Waals surface area contributed by atoms with Crippen LogP contribution < -0.4 is 10.0 Å². The van der Waals surface area contributed by atoms with Crippen molar-refractivity contribution in [1.29, 1.82) is 0 Å². The summed E-state index contributed by atoms with van der Waals surface area (Å²) in [5.41, 5.74) is 0.517. The molecule has 0 aromatic heterocycles. The molecular formula is C16H22N2O4S. The highest BCUT2D eigenvalue weighted by atomic mass is 32.2. The van der Waals surface area contributed by atoms with Gasteiger partial charge in [-0.3, -0.25) is 4.79 Å². The maximum absolute atomic E-state index is 11.8. The molecule has 2 rings (SSSR count). The summed E-state index contributed by atoms with van der Waals surface area (Å²) in [5, 5.41) is 3.82. The van der Waals surface area contributed by atoms with Gasteiger partial charge in [0.25, 0.3) is 0 Å². The minimum atomic E-state index is -3.65. The lowest BCUT2D eigenvalue weighted by molar-refractivity contribution is -0.120. The normalized spacial score (nSPS) is 20.7. The van der Waals surface area contributed by atoms with Crippen molar-refractivity contribution in [3.05, 3.63) is 41.3 Å². The number of amides is 1. The number of rotatable bonds is 6. The van der Waals surface area contributed by atoms with Gasteiger partial charge in [0.1, 0.15) is 0 Å². The topological polar surface area (TPSA) is 84.5 Å². The molecule has 0 radical (unpaired) electrons. The van der Waals surface area contributed by atoms with E-state index < -0.39 is 10.0 Å². The van der Waals surface area contributed by atoms with Crippen LogP contribution in [0.5, 0.6) is 0 Å². The molecule has 1 atom stereocenters. The van der Waals surface area contributed by atoms with E-state index in [-0.39, 0.29) is 24.1 Å². The number of hydrogen-bond donors (Lipinski definition) is 2. The van der Waals surface area contributed by atoms with Crippen LogP contribution in [0.25, 0.3) is 6.08 Å². The van der Waals surface area contributed by atoms with E-state index in [1.807, 2.05) is 32.0 Å². The Labute approximate surface area is 137 Å². The Kier molecular flexibility index (Phi) is 5.56. The van der Waals surface area contributed by atoms with Crippen molar-refractivity contribution in [3.63, 3.8) is 0 Å². The van der Waals surface area contributed by atoms with Crippen molar-refractivity contribution in [2.75, 3.05) is 13.2 Å². The molecule has 0 saturated carbocycles. The summed E-state index contributed by atoms with van der Waals surface area (Å²) in [4.78, 5) is 11.8. The van der Waals surface area contributed by atoms with Gasteiger partial charge in [-0.15, -0.1) is 0 Å². The monoisotopic (exact) mass is 338 g/mol. The van der Waals surface area contributed by atoms with Crippen LogP contribution in [0.15, 0.2) is 35.7 Å². The number of sulfonamides is 1. The van der Waals surface area contributed by atoms with E-state index in [4.69, 9.17) is 4.74 Å². The summed E-state index contributed by atoms with van der Waals surface area (Å²) in [6.07, 6.45) is 2.19. The van der Waals surface area contributed by atoms with Gasteiger partial charge < -0.3 is 10.1 Å². The second kappa shape index (κ2) is 7.25.